The molecule has 0 aliphatic rings. The molecule has 14 heavy (non-hydrogen) atoms. The van der Waals surface area contributed by atoms with Gasteiger partial charge < -0.3 is 9.67 Å². The van der Waals surface area contributed by atoms with Crippen LogP contribution in [-0.2, 0) is 4.79 Å². The molecule has 0 aliphatic heterocycles. The molecule has 4 nitrogen and oxygen atoms in total. The lowest BCUT2D eigenvalue weighted by molar-refractivity contribution is -0.140. The lowest BCUT2D eigenvalue weighted by Gasteiger charge is -2.11. The van der Waals surface area contributed by atoms with Crippen LogP contribution in [0, 0.1) is 6.92 Å². The number of carboxylic acids is 1. The van der Waals surface area contributed by atoms with E-state index in [1.165, 1.54) is 6.92 Å². The standard InChI is InChI=1S/C10H13NO3/c1-6-9(8(3)12)4-5-11(6)7(2)10(13)14/h4-5,7H,1-3H3,(H,13,14). The summed E-state index contributed by atoms with van der Waals surface area (Å²) in [5.74, 6) is -0.947. The van der Waals surface area contributed by atoms with E-state index in [0.29, 0.717) is 11.3 Å². The van der Waals surface area contributed by atoms with Crippen molar-refractivity contribution < 1.29 is 14.7 Å². The molecule has 0 amide bonds. The number of aromatic nitrogens is 1. The first kappa shape index (κ1) is 10.5. The maximum Gasteiger partial charge on any atom is 0.326 e. The highest BCUT2D eigenvalue weighted by atomic mass is 16.4. The van der Waals surface area contributed by atoms with Gasteiger partial charge in [-0.2, -0.15) is 0 Å². The van der Waals surface area contributed by atoms with Crippen LogP contribution < -0.4 is 0 Å². The van der Waals surface area contributed by atoms with Crippen molar-refractivity contribution in [2.75, 3.05) is 0 Å². The van der Waals surface area contributed by atoms with Crippen molar-refractivity contribution in [3.05, 3.63) is 23.5 Å². The molecule has 4 heteroatoms. The second-order valence-corrected chi connectivity index (χ2v) is 3.29. The highest BCUT2D eigenvalue weighted by Gasteiger charge is 2.17. The Hall–Kier alpha value is -1.58. The van der Waals surface area contributed by atoms with Gasteiger partial charge in [0.05, 0.1) is 0 Å². The molecule has 0 fully saturated rings. The van der Waals surface area contributed by atoms with Crippen molar-refractivity contribution >= 4 is 11.8 Å². The monoisotopic (exact) mass is 195 g/mol. The molecule has 0 aliphatic carbocycles. The molecule has 76 valence electrons. The Morgan fingerprint density at radius 3 is 2.43 bits per heavy atom. The predicted molar refractivity (Wildman–Crippen MR) is 51.5 cm³/mol. The summed E-state index contributed by atoms with van der Waals surface area (Å²) < 4.78 is 1.58. The van der Waals surface area contributed by atoms with E-state index in [1.54, 1.807) is 30.7 Å². The van der Waals surface area contributed by atoms with E-state index in [9.17, 15) is 9.59 Å². The first-order chi connectivity index (χ1) is 6.45. The Balaban J connectivity index is 3.13. The molecule has 1 N–H and O–H groups in total. The molecule has 0 radical (unpaired) electrons. The van der Waals surface area contributed by atoms with E-state index in [2.05, 4.69) is 0 Å². The van der Waals surface area contributed by atoms with Crippen LogP contribution in [0.25, 0.3) is 0 Å². The minimum Gasteiger partial charge on any atom is -0.480 e. The third-order valence-corrected chi connectivity index (χ3v) is 2.33. The van der Waals surface area contributed by atoms with Gasteiger partial charge in [0, 0.05) is 17.5 Å². The fraction of sp³-hybridized carbons (Fsp3) is 0.400. The summed E-state index contributed by atoms with van der Waals surface area (Å²) in [5, 5.41) is 8.80. The smallest absolute Gasteiger partial charge is 0.326 e. The Morgan fingerprint density at radius 2 is 2.07 bits per heavy atom. The zero-order valence-electron chi connectivity index (χ0n) is 8.44. The summed E-state index contributed by atoms with van der Waals surface area (Å²) in [6.45, 7) is 4.80. The number of Topliss-reactive ketones (excluding diaryl/α,β-unsaturated/α-hetero) is 1. The van der Waals surface area contributed by atoms with E-state index >= 15 is 0 Å². The summed E-state index contributed by atoms with van der Waals surface area (Å²) in [6.07, 6.45) is 1.63. The molecule has 1 rings (SSSR count). The molecule has 0 bridgehead atoms. The van der Waals surface area contributed by atoms with Gasteiger partial charge in [-0.15, -0.1) is 0 Å². The number of hydrogen-bond donors (Lipinski definition) is 1. The van der Waals surface area contributed by atoms with Crippen LogP contribution in [0.4, 0.5) is 0 Å². The normalized spacial score (nSPS) is 12.5. The predicted octanol–water partition coefficient (Wildman–Crippen LogP) is 1.64. The number of hydrogen-bond acceptors (Lipinski definition) is 2. The molecule has 1 aromatic rings. The topological polar surface area (TPSA) is 59.3 Å². The number of ketones is 1. The molecule has 0 spiro atoms. The first-order valence-corrected chi connectivity index (χ1v) is 4.36. The summed E-state index contributed by atoms with van der Waals surface area (Å²) in [4.78, 5) is 21.8. The fourth-order valence-corrected chi connectivity index (χ4v) is 1.44. The van der Waals surface area contributed by atoms with Crippen molar-refractivity contribution in [3.63, 3.8) is 0 Å². The zero-order valence-corrected chi connectivity index (χ0v) is 8.44. The van der Waals surface area contributed by atoms with Crippen molar-refractivity contribution in [2.24, 2.45) is 0 Å². The van der Waals surface area contributed by atoms with Crippen molar-refractivity contribution in [2.45, 2.75) is 26.8 Å². The van der Waals surface area contributed by atoms with Crippen molar-refractivity contribution in [3.8, 4) is 0 Å². The Morgan fingerprint density at radius 1 is 1.50 bits per heavy atom. The van der Waals surface area contributed by atoms with Crippen LogP contribution in [0.5, 0.6) is 0 Å². The number of carbonyl (C=O) groups excluding carboxylic acids is 1. The number of nitrogens with zero attached hydrogens (tertiary/aromatic N) is 1. The maximum atomic E-state index is 11.1. The second kappa shape index (κ2) is 3.65. The van der Waals surface area contributed by atoms with Gasteiger partial charge in [-0.05, 0) is 26.8 Å². The van der Waals surface area contributed by atoms with Crippen molar-refractivity contribution in [1.82, 2.24) is 4.57 Å². The number of aliphatic carboxylic acids is 1. The van der Waals surface area contributed by atoms with Crippen LogP contribution >= 0.6 is 0 Å². The molecule has 1 aromatic heterocycles. The van der Waals surface area contributed by atoms with Crippen LogP contribution in [0.3, 0.4) is 0 Å². The number of rotatable bonds is 3. The fourth-order valence-electron chi connectivity index (χ4n) is 1.44. The summed E-state index contributed by atoms with van der Waals surface area (Å²) in [6, 6.07) is 1.01. The van der Waals surface area contributed by atoms with Gasteiger partial charge in [0.15, 0.2) is 5.78 Å². The summed E-state index contributed by atoms with van der Waals surface area (Å²) >= 11 is 0. The van der Waals surface area contributed by atoms with E-state index in [4.69, 9.17) is 5.11 Å². The van der Waals surface area contributed by atoms with Crippen molar-refractivity contribution in [1.29, 1.82) is 0 Å². The average molecular weight is 195 g/mol. The molecule has 1 unspecified atom stereocenters. The molecule has 1 heterocycles. The van der Waals surface area contributed by atoms with Gasteiger partial charge in [-0.1, -0.05) is 0 Å². The highest BCUT2D eigenvalue weighted by molar-refractivity contribution is 5.95. The number of carbonyl (C=O) groups is 2. The van der Waals surface area contributed by atoms with Gasteiger partial charge in [0.2, 0.25) is 0 Å². The van der Waals surface area contributed by atoms with Gasteiger partial charge in [0.1, 0.15) is 6.04 Å². The van der Waals surface area contributed by atoms with Crippen LogP contribution in [0.2, 0.25) is 0 Å². The molecule has 0 aromatic carbocycles. The van der Waals surface area contributed by atoms with Gasteiger partial charge in [-0.25, -0.2) is 4.79 Å². The minimum absolute atomic E-state index is 0.0427. The lowest BCUT2D eigenvalue weighted by Crippen LogP contribution is -2.16. The van der Waals surface area contributed by atoms with Crippen LogP contribution in [-0.4, -0.2) is 21.4 Å². The molecule has 0 saturated heterocycles. The zero-order chi connectivity index (χ0) is 10.9. The van der Waals surface area contributed by atoms with E-state index < -0.39 is 12.0 Å². The van der Waals surface area contributed by atoms with Gasteiger partial charge in [-0.3, -0.25) is 4.79 Å². The van der Waals surface area contributed by atoms with Crippen LogP contribution in [0.1, 0.15) is 35.9 Å². The quantitative estimate of drug-likeness (QED) is 0.746. The van der Waals surface area contributed by atoms with Gasteiger partial charge >= 0.3 is 5.97 Å². The molecular formula is C10H13NO3. The van der Waals surface area contributed by atoms with E-state index in [1.807, 2.05) is 0 Å². The lowest BCUT2D eigenvalue weighted by atomic mass is 10.2. The third kappa shape index (κ3) is 1.69. The number of carboxylic acid groups (broad SMARTS) is 1. The molecule has 1 atom stereocenters. The summed E-state index contributed by atoms with van der Waals surface area (Å²) in [7, 11) is 0. The largest absolute Gasteiger partial charge is 0.480 e. The summed E-state index contributed by atoms with van der Waals surface area (Å²) in [5.41, 5.74) is 1.28. The average Bonchev–Trinajstić information content (AvgIpc) is 2.45. The third-order valence-electron chi connectivity index (χ3n) is 2.33. The Labute approximate surface area is 82.2 Å². The Kier molecular flexibility index (Phi) is 2.74. The highest BCUT2D eigenvalue weighted by Crippen LogP contribution is 2.16. The minimum atomic E-state index is -0.904. The molecular weight excluding hydrogens is 182 g/mol. The first-order valence-electron chi connectivity index (χ1n) is 4.36. The maximum absolute atomic E-state index is 11.1. The molecule has 0 saturated carbocycles. The van der Waals surface area contributed by atoms with E-state index in [-0.39, 0.29) is 5.78 Å². The Bertz CT molecular complexity index is 379. The second-order valence-electron chi connectivity index (χ2n) is 3.29. The van der Waals surface area contributed by atoms with E-state index in [0.717, 1.165) is 0 Å². The van der Waals surface area contributed by atoms with Gasteiger partial charge in [0.25, 0.3) is 0 Å². The SMILES string of the molecule is CC(=O)c1ccn(C(C)C(=O)O)c1C. The van der Waals surface area contributed by atoms with Crippen LogP contribution in [0.15, 0.2) is 12.3 Å².